The summed E-state index contributed by atoms with van der Waals surface area (Å²) in [7, 11) is 1.58. The van der Waals surface area contributed by atoms with Crippen LogP contribution in [0.2, 0.25) is 5.02 Å². The first kappa shape index (κ1) is 17.5. The lowest BCUT2D eigenvalue weighted by molar-refractivity contribution is -0.130. The number of halogens is 1. The number of hydrogen-bond donors (Lipinski definition) is 1. The molecule has 6 heteroatoms. The van der Waals surface area contributed by atoms with Crippen molar-refractivity contribution in [2.24, 2.45) is 0 Å². The number of amides is 2. The van der Waals surface area contributed by atoms with Crippen LogP contribution in [0.5, 0.6) is 0 Å². The summed E-state index contributed by atoms with van der Waals surface area (Å²) in [6.45, 7) is 3.29. The Morgan fingerprint density at radius 1 is 1.24 bits per heavy atom. The Morgan fingerprint density at radius 3 is 2.48 bits per heavy atom. The molecule has 0 aliphatic rings. The molecule has 1 rings (SSSR count). The Labute approximate surface area is 130 Å². The van der Waals surface area contributed by atoms with Gasteiger partial charge in [0.15, 0.2) is 0 Å². The number of nitrogens with zero attached hydrogens (tertiary/aromatic N) is 1. The topological polar surface area (TPSA) is 58.6 Å². The number of carbonyl (C=O) groups excluding carboxylic acids is 2. The zero-order valence-corrected chi connectivity index (χ0v) is 13.2. The lowest BCUT2D eigenvalue weighted by atomic mass is 10.2. The number of rotatable bonds is 8. The second-order valence-electron chi connectivity index (χ2n) is 4.65. The fraction of sp³-hybridized carbons (Fsp3) is 0.467. The van der Waals surface area contributed by atoms with E-state index in [4.69, 9.17) is 16.3 Å². The first-order valence-electron chi connectivity index (χ1n) is 6.78. The van der Waals surface area contributed by atoms with E-state index in [9.17, 15) is 9.59 Å². The average molecular weight is 313 g/mol. The minimum absolute atomic E-state index is 0.0578. The summed E-state index contributed by atoms with van der Waals surface area (Å²) in [6, 6.07) is 7.29. The van der Waals surface area contributed by atoms with Crippen molar-refractivity contribution in [3.63, 3.8) is 0 Å². The molecular formula is C15H21ClN2O3. The van der Waals surface area contributed by atoms with Gasteiger partial charge in [-0.25, -0.2) is 0 Å². The van der Waals surface area contributed by atoms with Gasteiger partial charge in [0.2, 0.25) is 11.8 Å². The molecule has 0 fully saturated rings. The molecule has 0 unspecified atom stereocenters. The van der Waals surface area contributed by atoms with Crippen molar-refractivity contribution >= 4 is 23.4 Å². The van der Waals surface area contributed by atoms with Crippen LogP contribution < -0.4 is 5.32 Å². The van der Waals surface area contributed by atoms with Crippen molar-refractivity contribution < 1.29 is 14.3 Å². The molecular weight excluding hydrogens is 292 g/mol. The second kappa shape index (κ2) is 9.37. The van der Waals surface area contributed by atoms with Crippen LogP contribution in [-0.4, -0.2) is 43.5 Å². The van der Waals surface area contributed by atoms with Crippen molar-refractivity contribution in [2.45, 2.75) is 19.9 Å². The minimum Gasteiger partial charge on any atom is -0.383 e. The lowest BCUT2D eigenvalue weighted by Gasteiger charge is -2.20. The average Bonchev–Trinajstić information content (AvgIpc) is 2.46. The number of methoxy groups -OCH3 is 1. The molecule has 1 aromatic rings. The highest BCUT2D eigenvalue weighted by atomic mass is 35.5. The SMILES string of the molecule is COCCN(CCC(=O)NCc1ccc(Cl)cc1)C(C)=O. The largest absolute Gasteiger partial charge is 0.383 e. The van der Waals surface area contributed by atoms with Gasteiger partial charge in [-0.2, -0.15) is 0 Å². The van der Waals surface area contributed by atoms with Crippen LogP contribution in [0.1, 0.15) is 18.9 Å². The van der Waals surface area contributed by atoms with E-state index in [1.54, 1.807) is 24.1 Å². The van der Waals surface area contributed by atoms with Gasteiger partial charge in [-0.3, -0.25) is 9.59 Å². The Balaban J connectivity index is 2.32. The van der Waals surface area contributed by atoms with Gasteiger partial charge in [-0.15, -0.1) is 0 Å². The first-order valence-corrected chi connectivity index (χ1v) is 7.16. The summed E-state index contributed by atoms with van der Waals surface area (Å²) in [5.41, 5.74) is 0.982. The Bertz CT molecular complexity index is 462. The van der Waals surface area contributed by atoms with Gasteiger partial charge < -0.3 is 15.0 Å². The fourth-order valence-electron chi connectivity index (χ4n) is 1.76. The Hall–Kier alpha value is -1.59. The van der Waals surface area contributed by atoms with Crippen LogP contribution in [0.3, 0.4) is 0 Å². The highest BCUT2D eigenvalue weighted by Gasteiger charge is 2.10. The number of benzene rings is 1. The maximum atomic E-state index is 11.8. The molecule has 0 saturated heterocycles. The highest BCUT2D eigenvalue weighted by molar-refractivity contribution is 6.30. The molecule has 21 heavy (non-hydrogen) atoms. The normalized spacial score (nSPS) is 10.2. The van der Waals surface area contributed by atoms with Crippen LogP contribution in [0.15, 0.2) is 24.3 Å². The highest BCUT2D eigenvalue weighted by Crippen LogP contribution is 2.09. The Morgan fingerprint density at radius 2 is 1.90 bits per heavy atom. The van der Waals surface area contributed by atoms with E-state index in [0.29, 0.717) is 31.3 Å². The zero-order chi connectivity index (χ0) is 15.7. The summed E-state index contributed by atoms with van der Waals surface area (Å²) >= 11 is 5.80. The van der Waals surface area contributed by atoms with E-state index in [1.165, 1.54) is 6.92 Å². The lowest BCUT2D eigenvalue weighted by Crippen LogP contribution is -2.35. The maximum Gasteiger partial charge on any atom is 0.222 e. The molecule has 0 heterocycles. The van der Waals surface area contributed by atoms with Gasteiger partial charge in [0.05, 0.1) is 6.61 Å². The molecule has 0 saturated carbocycles. The monoisotopic (exact) mass is 312 g/mol. The molecule has 5 nitrogen and oxygen atoms in total. The molecule has 1 N–H and O–H groups in total. The molecule has 2 amide bonds. The van der Waals surface area contributed by atoms with Gasteiger partial charge in [-0.1, -0.05) is 23.7 Å². The molecule has 0 spiro atoms. The smallest absolute Gasteiger partial charge is 0.222 e. The van der Waals surface area contributed by atoms with Gasteiger partial charge in [0.25, 0.3) is 0 Å². The maximum absolute atomic E-state index is 11.8. The molecule has 0 bridgehead atoms. The molecule has 0 aliphatic carbocycles. The van der Waals surface area contributed by atoms with Crippen molar-refractivity contribution in [2.75, 3.05) is 26.8 Å². The third-order valence-corrected chi connectivity index (χ3v) is 3.27. The summed E-state index contributed by atoms with van der Waals surface area (Å²) in [5, 5.41) is 3.48. The molecule has 1 aromatic carbocycles. The third kappa shape index (κ3) is 7.11. The number of ether oxygens (including phenoxy) is 1. The van der Waals surface area contributed by atoms with Gasteiger partial charge in [0, 0.05) is 45.1 Å². The molecule has 0 aliphatic heterocycles. The molecule has 116 valence electrons. The second-order valence-corrected chi connectivity index (χ2v) is 5.09. The summed E-state index contributed by atoms with van der Waals surface area (Å²) in [6.07, 6.45) is 0.275. The first-order chi connectivity index (χ1) is 10.0. The summed E-state index contributed by atoms with van der Waals surface area (Å²) in [5.74, 6) is -0.147. The van der Waals surface area contributed by atoms with E-state index in [0.717, 1.165) is 5.56 Å². The quantitative estimate of drug-likeness (QED) is 0.797. The summed E-state index contributed by atoms with van der Waals surface area (Å²) < 4.78 is 4.94. The third-order valence-electron chi connectivity index (χ3n) is 3.02. The number of nitrogens with one attached hydrogen (secondary N) is 1. The van der Waals surface area contributed by atoms with Crippen LogP contribution >= 0.6 is 11.6 Å². The van der Waals surface area contributed by atoms with Crippen molar-refractivity contribution in [1.82, 2.24) is 10.2 Å². The van der Waals surface area contributed by atoms with E-state index < -0.39 is 0 Å². The van der Waals surface area contributed by atoms with Crippen LogP contribution in [-0.2, 0) is 20.9 Å². The van der Waals surface area contributed by atoms with E-state index >= 15 is 0 Å². The van der Waals surface area contributed by atoms with E-state index in [-0.39, 0.29) is 18.2 Å². The van der Waals surface area contributed by atoms with Crippen LogP contribution in [0, 0.1) is 0 Å². The van der Waals surface area contributed by atoms with Gasteiger partial charge >= 0.3 is 0 Å². The standard InChI is InChI=1S/C15H21ClN2O3/c1-12(19)18(9-10-21-2)8-7-15(20)17-11-13-3-5-14(16)6-4-13/h3-6H,7-11H2,1-2H3,(H,17,20). The Kier molecular flexibility index (Phi) is 7.79. The molecule has 0 atom stereocenters. The van der Waals surface area contributed by atoms with Crippen LogP contribution in [0.25, 0.3) is 0 Å². The number of carbonyl (C=O) groups is 2. The minimum atomic E-state index is -0.0892. The fourth-order valence-corrected chi connectivity index (χ4v) is 1.88. The van der Waals surface area contributed by atoms with Crippen molar-refractivity contribution in [3.8, 4) is 0 Å². The zero-order valence-electron chi connectivity index (χ0n) is 12.4. The van der Waals surface area contributed by atoms with Crippen LogP contribution in [0.4, 0.5) is 0 Å². The van der Waals surface area contributed by atoms with E-state index in [2.05, 4.69) is 5.32 Å². The van der Waals surface area contributed by atoms with Gasteiger partial charge in [-0.05, 0) is 17.7 Å². The molecule has 0 radical (unpaired) electrons. The van der Waals surface area contributed by atoms with E-state index in [1.807, 2.05) is 12.1 Å². The predicted octanol–water partition coefficient (Wildman–Crippen LogP) is 1.84. The molecule has 0 aromatic heterocycles. The van der Waals surface area contributed by atoms with Crippen molar-refractivity contribution in [1.29, 1.82) is 0 Å². The predicted molar refractivity (Wildman–Crippen MR) is 82.0 cm³/mol. The van der Waals surface area contributed by atoms with Gasteiger partial charge in [0.1, 0.15) is 0 Å². The van der Waals surface area contributed by atoms with Crippen molar-refractivity contribution in [3.05, 3.63) is 34.9 Å². The summed E-state index contributed by atoms with van der Waals surface area (Å²) in [4.78, 5) is 24.8. The number of hydrogen-bond acceptors (Lipinski definition) is 3.